The Hall–Kier alpha value is -4.46. The van der Waals surface area contributed by atoms with Gasteiger partial charge >= 0.3 is 5.97 Å². The highest BCUT2D eigenvalue weighted by Gasteiger charge is 2.45. The SMILES string of the molecule is CC(C)(C)OC(=O)c1ccc(N2CCC(CN3CCN(c4cc5c(cc4F)C(=O)N(C4CCC(=O)NC4=O)C5=O)CC3)CC2)nn1. The van der Waals surface area contributed by atoms with Gasteiger partial charge in [-0.05, 0) is 70.2 Å². The second kappa shape index (κ2) is 12.4. The van der Waals surface area contributed by atoms with Gasteiger partial charge < -0.3 is 14.5 Å². The largest absolute Gasteiger partial charge is 0.455 e. The number of ether oxygens (including phenoxy) is 1. The summed E-state index contributed by atoms with van der Waals surface area (Å²) in [6, 6.07) is 4.87. The summed E-state index contributed by atoms with van der Waals surface area (Å²) in [5, 5.41) is 10.5. The van der Waals surface area contributed by atoms with Crippen LogP contribution >= 0.6 is 0 Å². The van der Waals surface area contributed by atoms with Crippen LogP contribution in [0.1, 0.15) is 77.7 Å². The first-order valence-corrected chi connectivity index (χ1v) is 15.7. The number of benzene rings is 1. The highest BCUT2D eigenvalue weighted by atomic mass is 19.1. The van der Waals surface area contributed by atoms with Gasteiger partial charge in [0.1, 0.15) is 17.5 Å². The fraction of sp³-hybridized carbons (Fsp3) is 0.531. The lowest BCUT2D eigenvalue weighted by Crippen LogP contribution is -2.54. The van der Waals surface area contributed by atoms with Gasteiger partial charge in [0.2, 0.25) is 11.8 Å². The number of halogens is 1. The number of nitrogens with one attached hydrogen (secondary N) is 1. The molecule has 0 radical (unpaired) electrons. The minimum atomic E-state index is -1.09. The molecule has 3 saturated heterocycles. The summed E-state index contributed by atoms with van der Waals surface area (Å²) in [6.07, 6.45) is 2.03. The van der Waals surface area contributed by atoms with Crippen molar-refractivity contribution in [2.75, 3.05) is 55.6 Å². The van der Waals surface area contributed by atoms with Crippen molar-refractivity contribution in [3.8, 4) is 0 Å². The summed E-state index contributed by atoms with van der Waals surface area (Å²) in [5.74, 6) is -2.37. The maximum Gasteiger partial charge on any atom is 0.359 e. The summed E-state index contributed by atoms with van der Waals surface area (Å²) in [4.78, 5) is 69.6. The van der Waals surface area contributed by atoms with Crippen molar-refractivity contribution in [3.05, 3.63) is 46.9 Å². The number of piperazine rings is 1. The second-order valence-electron chi connectivity index (χ2n) is 13.3. The Morgan fingerprint density at radius 3 is 2.20 bits per heavy atom. The van der Waals surface area contributed by atoms with Crippen molar-refractivity contribution in [1.82, 2.24) is 25.3 Å². The molecule has 244 valence electrons. The lowest BCUT2D eigenvalue weighted by atomic mass is 9.96. The maximum atomic E-state index is 15.3. The molecule has 5 heterocycles. The predicted octanol–water partition coefficient (Wildman–Crippen LogP) is 2.01. The zero-order valence-electron chi connectivity index (χ0n) is 26.3. The van der Waals surface area contributed by atoms with Crippen LogP contribution in [0.3, 0.4) is 0 Å². The lowest BCUT2D eigenvalue weighted by Gasteiger charge is -2.39. The number of carbonyl (C=O) groups is 5. The van der Waals surface area contributed by atoms with Gasteiger partial charge in [0.05, 0.1) is 16.8 Å². The molecular weight excluding hydrogens is 597 g/mol. The molecule has 0 saturated carbocycles. The molecule has 1 atom stereocenters. The number of nitrogens with zero attached hydrogens (tertiary/aromatic N) is 6. The standard InChI is InChI=1S/C32H38FN7O6/c1-32(2,3)46-31(45)23-4-6-26(36-35-23)39-10-8-19(9-11-39)18-37-12-14-38(15-13-37)25-17-21-20(16-22(25)33)29(43)40(30(21)44)24-5-7-27(41)34-28(24)42/h4,6,16-17,19,24H,5,7-15,18H2,1-3H3,(H,34,41,42). The number of piperidine rings is 2. The van der Waals surface area contributed by atoms with E-state index in [1.54, 1.807) is 32.9 Å². The van der Waals surface area contributed by atoms with E-state index >= 15 is 4.39 Å². The Morgan fingerprint density at radius 1 is 0.913 bits per heavy atom. The minimum absolute atomic E-state index is 0.0205. The molecule has 0 aliphatic carbocycles. The normalized spacial score (nSPS) is 21.5. The first-order valence-electron chi connectivity index (χ1n) is 15.7. The zero-order chi connectivity index (χ0) is 32.7. The van der Waals surface area contributed by atoms with Crippen LogP contribution in [0.25, 0.3) is 0 Å². The molecule has 6 rings (SSSR count). The molecule has 4 aliphatic rings. The number of imide groups is 2. The highest BCUT2D eigenvalue weighted by Crippen LogP contribution is 2.33. The van der Waals surface area contributed by atoms with Crippen LogP contribution in [-0.4, -0.2) is 107 Å². The number of esters is 1. The second-order valence-corrected chi connectivity index (χ2v) is 13.3. The van der Waals surface area contributed by atoms with Crippen LogP contribution in [0, 0.1) is 11.7 Å². The van der Waals surface area contributed by atoms with Crippen molar-refractivity contribution >= 4 is 41.1 Å². The fourth-order valence-electron chi connectivity index (χ4n) is 6.54. The van der Waals surface area contributed by atoms with E-state index in [9.17, 15) is 24.0 Å². The van der Waals surface area contributed by atoms with Crippen molar-refractivity contribution in [2.24, 2.45) is 5.92 Å². The zero-order valence-corrected chi connectivity index (χ0v) is 26.3. The monoisotopic (exact) mass is 635 g/mol. The van der Waals surface area contributed by atoms with E-state index in [0.29, 0.717) is 19.0 Å². The topological polar surface area (TPSA) is 145 Å². The van der Waals surface area contributed by atoms with Crippen molar-refractivity contribution < 1.29 is 33.1 Å². The summed E-state index contributed by atoms with van der Waals surface area (Å²) in [7, 11) is 0. The summed E-state index contributed by atoms with van der Waals surface area (Å²) in [6.45, 7) is 10.6. The van der Waals surface area contributed by atoms with E-state index in [1.165, 1.54) is 6.07 Å². The molecule has 13 nitrogen and oxygen atoms in total. The third-order valence-electron chi connectivity index (χ3n) is 8.93. The van der Waals surface area contributed by atoms with Crippen LogP contribution in [-0.2, 0) is 14.3 Å². The molecule has 46 heavy (non-hydrogen) atoms. The van der Waals surface area contributed by atoms with Gasteiger partial charge in [-0.1, -0.05) is 0 Å². The van der Waals surface area contributed by atoms with Crippen molar-refractivity contribution in [3.63, 3.8) is 0 Å². The Balaban J connectivity index is 1.00. The number of amides is 4. The molecule has 14 heteroatoms. The van der Waals surface area contributed by atoms with E-state index in [0.717, 1.165) is 62.3 Å². The van der Waals surface area contributed by atoms with Crippen LogP contribution in [0.15, 0.2) is 24.3 Å². The Morgan fingerprint density at radius 2 is 1.59 bits per heavy atom. The van der Waals surface area contributed by atoms with Crippen molar-refractivity contribution in [1.29, 1.82) is 0 Å². The van der Waals surface area contributed by atoms with Gasteiger partial charge in [-0.25, -0.2) is 9.18 Å². The number of fused-ring (bicyclic) bond motifs is 1. The van der Waals surface area contributed by atoms with Crippen LogP contribution in [0.4, 0.5) is 15.9 Å². The molecule has 2 aromatic rings. The molecular formula is C32H38FN7O6. The first kappa shape index (κ1) is 31.5. The van der Waals surface area contributed by atoms with Gasteiger partial charge in [0, 0.05) is 52.2 Å². The summed E-state index contributed by atoms with van der Waals surface area (Å²) in [5.41, 5.74) is -0.149. The van der Waals surface area contributed by atoms with Crippen LogP contribution in [0.5, 0.6) is 0 Å². The van der Waals surface area contributed by atoms with Gasteiger partial charge in [-0.15, -0.1) is 10.2 Å². The predicted molar refractivity (Wildman–Crippen MR) is 164 cm³/mol. The fourth-order valence-corrected chi connectivity index (χ4v) is 6.54. The Kier molecular flexibility index (Phi) is 8.49. The Bertz CT molecular complexity index is 1560. The molecule has 4 amide bonds. The number of hydrogen-bond donors (Lipinski definition) is 1. The number of hydrogen-bond acceptors (Lipinski definition) is 11. The Labute approximate surface area is 266 Å². The number of rotatable bonds is 6. The summed E-state index contributed by atoms with van der Waals surface area (Å²) >= 11 is 0. The average molecular weight is 636 g/mol. The van der Waals surface area contributed by atoms with E-state index in [-0.39, 0.29) is 35.3 Å². The van der Waals surface area contributed by atoms with E-state index in [1.807, 2.05) is 4.90 Å². The highest BCUT2D eigenvalue weighted by molar-refractivity contribution is 6.23. The molecule has 4 aliphatic heterocycles. The maximum absolute atomic E-state index is 15.3. The van der Waals surface area contributed by atoms with Crippen LogP contribution < -0.4 is 15.1 Å². The third-order valence-corrected chi connectivity index (χ3v) is 8.93. The molecule has 1 unspecified atom stereocenters. The molecule has 0 bridgehead atoms. The summed E-state index contributed by atoms with van der Waals surface area (Å²) < 4.78 is 20.7. The third kappa shape index (κ3) is 6.43. The van der Waals surface area contributed by atoms with E-state index < -0.39 is 47.1 Å². The minimum Gasteiger partial charge on any atom is -0.455 e. The number of anilines is 2. The lowest BCUT2D eigenvalue weighted by molar-refractivity contribution is -0.136. The quantitative estimate of drug-likeness (QED) is 0.368. The molecule has 1 aromatic carbocycles. The number of carbonyl (C=O) groups excluding carboxylic acids is 5. The average Bonchev–Trinajstić information content (AvgIpc) is 3.25. The van der Waals surface area contributed by atoms with Crippen LogP contribution in [0.2, 0.25) is 0 Å². The van der Waals surface area contributed by atoms with Gasteiger partial charge in [0.25, 0.3) is 11.8 Å². The van der Waals surface area contributed by atoms with E-state index in [2.05, 4.69) is 25.3 Å². The molecule has 3 fully saturated rings. The van der Waals surface area contributed by atoms with Crippen molar-refractivity contribution in [2.45, 2.75) is 58.1 Å². The number of aromatic nitrogens is 2. The molecule has 0 spiro atoms. The van der Waals surface area contributed by atoms with E-state index in [4.69, 9.17) is 4.74 Å². The molecule has 1 N–H and O–H groups in total. The van der Waals surface area contributed by atoms with Gasteiger partial charge in [-0.3, -0.25) is 34.3 Å². The van der Waals surface area contributed by atoms with Gasteiger partial charge in [0.15, 0.2) is 11.5 Å². The smallest absolute Gasteiger partial charge is 0.359 e. The first-order chi connectivity index (χ1) is 21.9. The molecule has 1 aromatic heterocycles. The van der Waals surface area contributed by atoms with Gasteiger partial charge in [-0.2, -0.15) is 0 Å².